The molecule has 0 radical (unpaired) electrons. The highest BCUT2D eigenvalue weighted by Gasteiger charge is 2.35. The van der Waals surface area contributed by atoms with Gasteiger partial charge in [0, 0.05) is 25.1 Å². The Morgan fingerprint density at radius 1 is 0.738 bits per heavy atom. The maximum atomic E-state index is 12.8. The van der Waals surface area contributed by atoms with Crippen molar-refractivity contribution < 1.29 is 24.2 Å². The number of hydrogen-bond donors (Lipinski definition) is 1. The summed E-state index contributed by atoms with van der Waals surface area (Å²) in [6.07, 6.45) is -0.126. The van der Waals surface area contributed by atoms with E-state index in [0.29, 0.717) is 17.5 Å². The van der Waals surface area contributed by atoms with E-state index in [-0.39, 0.29) is 37.2 Å². The van der Waals surface area contributed by atoms with Gasteiger partial charge in [0.05, 0.1) is 36.5 Å². The molecule has 0 aliphatic carbocycles. The number of aliphatic hydroxyl groups excluding tert-OH is 1. The number of amides is 2. The molecule has 42 heavy (non-hydrogen) atoms. The van der Waals surface area contributed by atoms with E-state index in [1.54, 1.807) is 24.3 Å². The van der Waals surface area contributed by atoms with Crippen LogP contribution in [0.15, 0.2) is 103 Å². The van der Waals surface area contributed by atoms with Crippen molar-refractivity contribution in [2.45, 2.75) is 44.6 Å². The summed E-state index contributed by atoms with van der Waals surface area (Å²) in [5, 5.41) is 9.48. The largest absolute Gasteiger partial charge is 0.392 e. The smallest absolute Gasteiger partial charge is 0.261 e. The molecule has 3 atom stereocenters. The van der Waals surface area contributed by atoms with Gasteiger partial charge in [-0.05, 0) is 41.4 Å². The Hall–Kier alpha value is -4.14. The van der Waals surface area contributed by atoms with Crippen LogP contribution in [0, 0.1) is 0 Å². The van der Waals surface area contributed by atoms with Crippen LogP contribution in [-0.4, -0.2) is 46.4 Å². The Bertz CT molecular complexity index is 1500. The van der Waals surface area contributed by atoms with Gasteiger partial charge in [0.1, 0.15) is 0 Å². The Balaban J connectivity index is 1.18. The van der Waals surface area contributed by atoms with E-state index in [9.17, 15) is 14.7 Å². The molecule has 2 heterocycles. The lowest BCUT2D eigenvalue weighted by atomic mass is 9.99. The van der Waals surface area contributed by atoms with Gasteiger partial charge in [0.15, 0.2) is 6.29 Å². The van der Waals surface area contributed by atoms with Gasteiger partial charge in [-0.1, -0.05) is 91.0 Å². The van der Waals surface area contributed by atoms with Crippen molar-refractivity contribution in [1.82, 2.24) is 9.80 Å². The van der Waals surface area contributed by atoms with Crippen LogP contribution >= 0.6 is 0 Å². The number of hydrogen-bond acceptors (Lipinski definition) is 6. The highest BCUT2D eigenvalue weighted by Crippen LogP contribution is 2.38. The highest BCUT2D eigenvalue weighted by atomic mass is 16.7. The normalized spacial score (nSPS) is 20.3. The zero-order valence-electron chi connectivity index (χ0n) is 23.6. The predicted octanol–water partition coefficient (Wildman–Crippen LogP) is 5.65. The van der Waals surface area contributed by atoms with Crippen molar-refractivity contribution in [2.75, 3.05) is 13.6 Å². The Labute approximate surface area is 245 Å². The van der Waals surface area contributed by atoms with Crippen molar-refractivity contribution in [3.63, 3.8) is 0 Å². The van der Waals surface area contributed by atoms with Gasteiger partial charge in [-0.15, -0.1) is 0 Å². The molecule has 6 rings (SSSR count). The summed E-state index contributed by atoms with van der Waals surface area (Å²) in [4.78, 5) is 29.2. The van der Waals surface area contributed by atoms with Gasteiger partial charge in [-0.2, -0.15) is 0 Å². The minimum absolute atomic E-state index is 0.00247. The molecular formula is C35H34N2O5. The third-order valence-electron chi connectivity index (χ3n) is 7.90. The minimum Gasteiger partial charge on any atom is -0.392 e. The molecule has 0 spiro atoms. The second-order valence-electron chi connectivity index (χ2n) is 11.0. The lowest BCUT2D eigenvalue weighted by Crippen LogP contribution is -2.37. The van der Waals surface area contributed by atoms with Gasteiger partial charge in [-0.3, -0.25) is 19.4 Å². The van der Waals surface area contributed by atoms with Crippen molar-refractivity contribution in [3.05, 3.63) is 142 Å². The van der Waals surface area contributed by atoms with Crippen molar-refractivity contribution in [2.24, 2.45) is 0 Å². The Kier molecular flexibility index (Phi) is 8.26. The molecule has 7 nitrogen and oxygen atoms in total. The molecule has 0 bridgehead atoms. The number of nitrogens with zero attached hydrogens (tertiary/aromatic N) is 2. The number of benzene rings is 4. The first-order valence-electron chi connectivity index (χ1n) is 14.3. The quantitative estimate of drug-likeness (QED) is 0.266. The predicted molar refractivity (Wildman–Crippen MR) is 158 cm³/mol. The minimum atomic E-state index is -0.579. The number of ether oxygens (including phenoxy) is 2. The summed E-state index contributed by atoms with van der Waals surface area (Å²) in [6.45, 7) is 1.75. The summed E-state index contributed by atoms with van der Waals surface area (Å²) >= 11 is 0. The molecule has 0 saturated carbocycles. The van der Waals surface area contributed by atoms with Gasteiger partial charge < -0.3 is 14.6 Å². The summed E-state index contributed by atoms with van der Waals surface area (Å²) in [5.41, 5.74) is 5.75. The van der Waals surface area contributed by atoms with Crippen molar-refractivity contribution >= 4 is 11.8 Å². The molecule has 4 aromatic rings. The van der Waals surface area contributed by atoms with Crippen LogP contribution in [0.5, 0.6) is 0 Å². The van der Waals surface area contributed by atoms with Gasteiger partial charge in [-0.25, -0.2) is 0 Å². The van der Waals surface area contributed by atoms with Gasteiger partial charge in [0.2, 0.25) is 0 Å². The molecule has 7 heteroatoms. The number of fused-ring (bicyclic) bond motifs is 1. The summed E-state index contributed by atoms with van der Waals surface area (Å²) in [7, 11) is 2.10. The van der Waals surface area contributed by atoms with Crippen LogP contribution in [0.1, 0.15) is 67.3 Å². The second-order valence-corrected chi connectivity index (χ2v) is 11.0. The maximum absolute atomic E-state index is 12.8. The van der Waals surface area contributed by atoms with Crippen LogP contribution in [0.3, 0.4) is 0 Å². The first-order valence-corrected chi connectivity index (χ1v) is 14.3. The average molecular weight is 563 g/mol. The van der Waals surface area contributed by atoms with E-state index in [1.807, 2.05) is 66.7 Å². The Morgan fingerprint density at radius 3 is 1.98 bits per heavy atom. The van der Waals surface area contributed by atoms with E-state index in [2.05, 4.69) is 24.1 Å². The summed E-state index contributed by atoms with van der Waals surface area (Å²) < 4.78 is 13.0. The second kappa shape index (κ2) is 12.4. The monoisotopic (exact) mass is 562 g/mol. The van der Waals surface area contributed by atoms with E-state index in [0.717, 1.165) is 35.3 Å². The van der Waals surface area contributed by atoms with E-state index < -0.39 is 6.29 Å². The number of likely N-dealkylation sites (N-methyl/N-ethyl adjacent to an activating group) is 1. The molecule has 2 aliphatic heterocycles. The summed E-state index contributed by atoms with van der Waals surface area (Å²) in [5.74, 6) is -0.535. The maximum Gasteiger partial charge on any atom is 0.261 e. The molecule has 2 aliphatic rings. The molecule has 3 unspecified atom stereocenters. The van der Waals surface area contributed by atoms with Crippen molar-refractivity contribution in [3.8, 4) is 0 Å². The molecule has 1 N–H and O–H groups in total. The lowest BCUT2D eigenvalue weighted by molar-refractivity contribution is -0.252. The molecule has 1 saturated heterocycles. The number of imide groups is 1. The number of carbonyl (C=O) groups excluding carboxylic acids is 2. The molecule has 1 fully saturated rings. The SMILES string of the molecule is CN(Cc1ccccc1)CC1CC(c2ccc(CO)cc2)OC(c2ccc(CN3C(=O)c4ccccc4C3=O)cc2)O1. The third-order valence-corrected chi connectivity index (χ3v) is 7.90. The van der Waals surface area contributed by atoms with E-state index >= 15 is 0 Å². The Morgan fingerprint density at radius 2 is 1.33 bits per heavy atom. The average Bonchev–Trinajstić information content (AvgIpc) is 3.26. The van der Waals surface area contributed by atoms with Crippen LogP contribution in [0.25, 0.3) is 0 Å². The number of carbonyl (C=O) groups is 2. The fourth-order valence-corrected chi connectivity index (χ4v) is 5.69. The van der Waals surface area contributed by atoms with Crippen LogP contribution in [0.2, 0.25) is 0 Å². The van der Waals surface area contributed by atoms with Gasteiger partial charge >= 0.3 is 0 Å². The highest BCUT2D eigenvalue weighted by molar-refractivity contribution is 6.21. The zero-order chi connectivity index (χ0) is 29.1. The molecular weight excluding hydrogens is 528 g/mol. The lowest BCUT2D eigenvalue weighted by Gasteiger charge is -2.38. The summed E-state index contributed by atoms with van der Waals surface area (Å²) in [6, 6.07) is 32.9. The number of aliphatic hydroxyl groups is 1. The third kappa shape index (κ3) is 6.05. The van der Waals surface area contributed by atoms with Crippen LogP contribution in [-0.2, 0) is 29.2 Å². The molecule has 0 aromatic heterocycles. The topological polar surface area (TPSA) is 79.3 Å². The zero-order valence-corrected chi connectivity index (χ0v) is 23.6. The fourth-order valence-electron chi connectivity index (χ4n) is 5.69. The molecule has 214 valence electrons. The standard InChI is InChI=1S/C35H34N2O5/c1-36(20-24-7-3-2-4-8-24)22-29-19-32(27-15-13-26(23-38)14-16-27)42-35(41-29)28-17-11-25(12-18-28)21-37-33(39)30-9-5-6-10-31(30)34(37)40/h2-18,29,32,35,38H,19-23H2,1H3. The van der Waals surface area contributed by atoms with Crippen molar-refractivity contribution in [1.29, 1.82) is 0 Å². The van der Waals surface area contributed by atoms with Crippen LogP contribution < -0.4 is 0 Å². The molecule has 2 amide bonds. The fraction of sp³-hybridized carbons (Fsp3) is 0.257. The van der Waals surface area contributed by atoms with E-state index in [4.69, 9.17) is 9.47 Å². The molecule has 4 aromatic carbocycles. The first kappa shape index (κ1) is 28.0. The van der Waals surface area contributed by atoms with Gasteiger partial charge in [0.25, 0.3) is 11.8 Å². The number of rotatable bonds is 9. The van der Waals surface area contributed by atoms with E-state index in [1.165, 1.54) is 10.5 Å². The van der Waals surface area contributed by atoms with Crippen LogP contribution in [0.4, 0.5) is 0 Å². The first-order chi connectivity index (χ1) is 20.5.